The number of amides is 1. The number of halogens is 1. The lowest BCUT2D eigenvalue weighted by Crippen LogP contribution is -2.36. The molecule has 0 heterocycles. The van der Waals surface area contributed by atoms with Crippen molar-refractivity contribution in [2.45, 2.75) is 104 Å². The summed E-state index contributed by atoms with van der Waals surface area (Å²) in [5, 5.41) is 2.72. The highest BCUT2D eigenvalue weighted by Crippen LogP contribution is 2.43. The third-order valence-corrected chi connectivity index (χ3v) is 6.91. The van der Waals surface area contributed by atoms with Gasteiger partial charge in [-0.2, -0.15) is 0 Å². The number of allylic oxidation sites excluding steroid dienone is 1. The Labute approximate surface area is 233 Å². The van der Waals surface area contributed by atoms with E-state index < -0.39 is 29.5 Å². The molecule has 0 bridgehead atoms. The highest BCUT2D eigenvalue weighted by Gasteiger charge is 2.28. The summed E-state index contributed by atoms with van der Waals surface area (Å²) in [5.41, 5.74) is 5.70. The van der Waals surface area contributed by atoms with Gasteiger partial charge in [-0.05, 0) is 131 Å². The number of nitrogens with one attached hydrogen (secondary N) is 1. The zero-order valence-corrected chi connectivity index (χ0v) is 24.4. The summed E-state index contributed by atoms with van der Waals surface area (Å²) < 4.78 is 26.3. The van der Waals surface area contributed by atoms with E-state index in [1.54, 1.807) is 40.7 Å². The molecule has 1 amide bonds. The first-order chi connectivity index (χ1) is 18.4. The minimum absolute atomic E-state index is 0.196. The van der Waals surface area contributed by atoms with Gasteiger partial charge >= 0.3 is 12.1 Å². The van der Waals surface area contributed by atoms with Gasteiger partial charge in [0.2, 0.25) is 0 Å². The molecular weight excluding hydrogens is 493 g/mol. The molecule has 0 aromatic heterocycles. The first-order valence-corrected chi connectivity index (χ1v) is 14.1. The van der Waals surface area contributed by atoms with Crippen LogP contribution in [0.5, 0.6) is 0 Å². The number of carbonyl (C=O) groups excluding carboxylic acids is 2. The first-order valence-electron chi connectivity index (χ1n) is 14.1. The summed E-state index contributed by atoms with van der Waals surface area (Å²) in [6.07, 6.45) is 7.45. The van der Waals surface area contributed by atoms with Crippen molar-refractivity contribution < 1.29 is 23.5 Å². The van der Waals surface area contributed by atoms with Crippen LogP contribution in [0.4, 0.5) is 9.18 Å². The summed E-state index contributed by atoms with van der Waals surface area (Å²) in [4.78, 5) is 25.2. The second-order valence-electron chi connectivity index (χ2n) is 11.6. The Morgan fingerprint density at radius 3 is 2.46 bits per heavy atom. The average molecular weight is 538 g/mol. The topological polar surface area (TPSA) is 64.6 Å². The molecule has 1 atom stereocenters. The van der Waals surface area contributed by atoms with E-state index in [-0.39, 0.29) is 18.6 Å². The van der Waals surface area contributed by atoms with Crippen LogP contribution >= 0.6 is 0 Å². The fraction of sp³-hybridized carbons (Fsp3) is 0.515. The van der Waals surface area contributed by atoms with Gasteiger partial charge < -0.3 is 14.8 Å². The largest absolute Gasteiger partial charge is 0.466 e. The second kappa shape index (κ2) is 13.3. The number of ether oxygens (including phenoxy) is 2. The molecular formula is C33H44FNO4. The van der Waals surface area contributed by atoms with Crippen LogP contribution in [0.1, 0.15) is 106 Å². The molecule has 1 N–H and O–H groups in total. The van der Waals surface area contributed by atoms with Crippen molar-refractivity contribution in [3.8, 4) is 11.1 Å². The molecule has 1 fully saturated rings. The van der Waals surface area contributed by atoms with Crippen molar-refractivity contribution in [2.24, 2.45) is 0 Å². The van der Waals surface area contributed by atoms with Crippen LogP contribution in [0.2, 0.25) is 0 Å². The minimum atomic E-state index is -0.945. The molecule has 0 radical (unpaired) electrons. The molecule has 1 aliphatic rings. The Morgan fingerprint density at radius 1 is 1.13 bits per heavy atom. The average Bonchev–Trinajstić information content (AvgIpc) is 3.67. The van der Waals surface area contributed by atoms with Crippen LogP contribution < -0.4 is 5.32 Å². The van der Waals surface area contributed by atoms with Crippen molar-refractivity contribution in [2.75, 3.05) is 6.61 Å². The Balaban J connectivity index is 2.07. The van der Waals surface area contributed by atoms with Crippen LogP contribution in [0.3, 0.4) is 0 Å². The van der Waals surface area contributed by atoms with Gasteiger partial charge in [-0.1, -0.05) is 18.2 Å². The van der Waals surface area contributed by atoms with E-state index in [1.807, 2.05) is 12.1 Å². The molecule has 2 aromatic rings. The molecule has 212 valence electrons. The third-order valence-electron chi connectivity index (χ3n) is 6.91. The van der Waals surface area contributed by atoms with E-state index >= 15 is 4.39 Å². The van der Waals surface area contributed by atoms with Crippen LogP contribution in [0.15, 0.2) is 36.9 Å². The van der Waals surface area contributed by atoms with E-state index in [4.69, 9.17) is 9.47 Å². The molecule has 6 heteroatoms. The summed E-state index contributed by atoms with van der Waals surface area (Å²) in [6, 6.07) is 7.27. The summed E-state index contributed by atoms with van der Waals surface area (Å²) >= 11 is 0. The molecule has 3 rings (SSSR count). The van der Waals surface area contributed by atoms with Gasteiger partial charge in [-0.3, -0.25) is 4.79 Å². The molecule has 0 saturated heterocycles. The van der Waals surface area contributed by atoms with E-state index in [1.165, 1.54) is 24.0 Å². The van der Waals surface area contributed by atoms with Crippen molar-refractivity contribution >= 4 is 12.1 Å². The van der Waals surface area contributed by atoms with E-state index in [0.717, 1.165) is 42.4 Å². The number of hydrogen-bond acceptors (Lipinski definition) is 4. The zero-order valence-electron chi connectivity index (χ0n) is 24.4. The number of aryl methyl sites for hydroxylation is 3. The fourth-order valence-corrected chi connectivity index (χ4v) is 5.03. The van der Waals surface area contributed by atoms with Crippen LogP contribution in [-0.4, -0.2) is 24.3 Å². The number of hydrogen-bond donors (Lipinski definition) is 1. The van der Waals surface area contributed by atoms with E-state index in [2.05, 4.69) is 31.0 Å². The van der Waals surface area contributed by atoms with Gasteiger partial charge in [0.05, 0.1) is 19.1 Å². The Kier molecular flexibility index (Phi) is 10.3. The van der Waals surface area contributed by atoms with Gasteiger partial charge in [-0.15, -0.1) is 6.58 Å². The smallest absolute Gasteiger partial charge is 0.408 e. The number of rotatable bonds is 12. The summed E-state index contributed by atoms with van der Waals surface area (Å²) in [5.74, 6) is -0.347. The lowest BCUT2D eigenvalue weighted by molar-refractivity contribution is -0.143. The van der Waals surface area contributed by atoms with Crippen LogP contribution in [0.25, 0.3) is 11.1 Å². The molecule has 5 nitrogen and oxygen atoms in total. The summed E-state index contributed by atoms with van der Waals surface area (Å²) in [7, 11) is 0. The van der Waals surface area contributed by atoms with Crippen molar-refractivity contribution in [3.05, 3.63) is 70.6 Å². The van der Waals surface area contributed by atoms with E-state index in [9.17, 15) is 9.59 Å². The quantitative estimate of drug-likeness (QED) is 0.168. The van der Waals surface area contributed by atoms with Gasteiger partial charge in [0, 0.05) is 5.56 Å². The Bertz CT molecular complexity index is 1190. The second-order valence-corrected chi connectivity index (χ2v) is 11.6. The van der Waals surface area contributed by atoms with Gasteiger partial charge in [0.1, 0.15) is 11.4 Å². The first kappa shape index (κ1) is 30.4. The molecule has 0 unspecified atom stereocenters. The zero-order chi connectivity index (χ0) is 28.7. The van der Waals surface area contributed by atoms with Gasteiger partial charge in [0.15, 0.2) is 0 Å². The fourth-order valence-electron chi connectivity index (χ4n) is 5.03. The maximum absolute atomic E-state index is 15.7. The predicted octanol–water partition coefficient (Wildman–Crippen LogP) is 8.40. The maximum Gasteiger partial charge on any atom is 0.408 e. The maximum atomic E-state index is 15.7. The Morgan fingerprint density at radius 2 is 1.85 bits per heavy atom. The standard InChI is InChI=1S/C33H44FNO4/c1-8-10-11-12-13-24-18-25(23-14-15-23)16-21(3)30(24)26-17-22(4)31(34)27(19-26)28(20-29(36)38-9-2)35-32(37)39-33(5,6)7/h8,16-19,23,28H,1,9-15,20H2,2-7H3,(H,35,37)/t28-/m0/s1. The van der Waals surface area contributed by atoms with Crippen molar-refractivity contribution in [3.63, 3.8) is 0 Å². The van der Waals surface area contributed by atoms with Crippen LogP contribution in [0, 0.1) is 19.7 Å². The third kappa shape index (κ3) is 8.67. The Hall–Kier alpha value is -3.15. The SMILES string of the molecule is C=CCCCCc1cc(C2CC2)cc(C)c1-c1cc(C)c(F)c([C@H](CC(=O)OCC)NC(=O)OC(C)(C)C)c1. The van der Waals surface area contributed by atoms with Crippen molar-refractivity contribution in [1.29, 1.82) is 0 Å². The summed E-state index contributed by atoms with van der Waals surface area (Å²) in [6.45, 7) is 14.8. The molecule has 2 aromatic carbocycles. The number of alkyl carbamates (subject to hydrolysis) is 1. The monoisotopic (exact) mass is 537 g/mol. The lowest BCUT2D eigenvalue weighted by atomic mass is 9.86. The predicted molar refractivity (Wildman–Crippen MR) is 154 cm³/mol. The highest BCUT2D eigenvalue weighted by atomic mass is 19.1. The number of esters is 1. The van der Waals surface area contributed by atoms with Gasteiger partial charge in [-0.25, -0.2) is 9.18 Å². The normalized spacial score (nSPS) is 14.0. The highest BCUT2D eigenvalue weighted by molar-refractivity contribution is 5.76. The molecule has 0 spiro atoms. The van der Waals surface area contributed by atoms with Crippen molar-refractivity contribution in [1.82, 2.24) is 5.32 Å². The molecule has 39 heavy (non-hydrogen) atoms. The van der Waals surface area contributed by atoms with E-state index in [0.29, 0.717) is 11.5 Å². The van der Waals surface area contributed by atoms with Gasteiger partial charge in [0.25, 0.3) is 0 Å². The molecule has 1 saturated carbocycles. The lowest BCUT2D eigenvalue weighted by Gasteiger charge is -2.25. The number of carbonyl (C=O) groups is 2. The number of benzene rings is 2. The van der Waals surface area contributed by atoms with Crippen LogP contribution in [-0.2, 0) is 20.7 Å². The number of unbranched alkanes of at least 4 members (excludes halogenated alkanes) is 2. The minimum Gasteiger partial charge on any atom is -0.466 e. The molecule has 0 aliphatic heterocycles. The molecule has 1 aliphatic carbocycles.